The Morgan fingerprint density at radius 3 is 2.91 bits per heavy atom. The van der Waals surface area contributed by atoms with E-state index in [1.54, 1.807) is 19.1 Å². The second kappa shape index (κ2) is 4.62. The number of carboxylic acid groups (broad SMARTS) is 1. The zero-order valence-corrected chi connectivity index (χ0v) is 13.0. The number of hydrogen-bond donors (Lipinski definition) is 1. The molecule has 1 aromatic heterocycles. The minimum absolute atomic E-state index is 0.349. The summed E-state index contributed by atoms with van der Waals surface area (Å²) < 4.78 is 14.0. The number of rotatable bonds is 3. The molecule has 0 bridgehead atoms. The summed E-state index contributed by atoms with van der Waals surface area (Å²) in [6.45, 7) is 1.66. The van der Waals surface area contributed by atoms with Crippen LogP contribution in [-0.4, -0.2) is 16.1 Å². The average Bonchev–Trinajstić information content (AvgIpc) is 3.14. The van der Waals surface area contributed by atoms with Crippen molar-refractivity contribution in [2.45, 2.75) is 43.9 Å². The van der Waals surface area contributed by atoms with Gasteiger partial charge in [0, 0.05) is 10.8 Å². The van der Waals surface area contributed by atoms with Gasteiger partial charge >= 0.3 is 5.97 Å². The Morgan fingerprint density at radius 2 is 2.23 bits per heavy atom. The van der Waals surface area contributed by atoms with E-state index in [2.05, 4.69) is 4.98 Å². The number of carbonyl (C=O) groups is 1. The molecule has 1 saturated carbocycles. The summed E-state index contributed by atoms with van der Waals surface area (Å²) in [4.78, 5) is 17.7. The maximum Gasteiger partial charge on any atom is 0.319 e. The number of benzene rings is 1. The molecule has 1 heterocycles. The molecule has 22 heavy (non-hydrogen) atoms. The lowest BCUT2D eigenvalue weighted by atomic mass is 9.77. The van der Waals surface area contributed by atoms with Crippen LogP contribution in [0.4, 0.5) is 4.39 Å². The molecule has 2 aliphatic carbocycles. The van der Waals surface area contributed by atoms with Crippen LogP contribution in [0.15, 0.2) is 18.2 Å². The second-order valence-electron chi connectivity index (χ2n) is 6.23. The van der Waals surface area contributed by atoms with Gasteiger partial charge in [0.15, 0.2) is 0 Å². The Labute approximate surface area is 131 Å². The first-order valence-electron chi connectivity index (χ1n) is 7.53. The van der Waals surface area contributed by atoms with Crippen LogP contribution >= 0.6 is 11.3 Å². The summed E-state index contributed by atoms with van der Waals surface area (Å²) in [5, 5.41) is 11.1. The molecule has 3 nitrogen and oxygen atoms in total. The number of fused-ring (bicyclic) bond motifs is 1. The SMILES string of the molecule is Cc1c(F)cccc1[C@]1(C(=O)O)CCc2nc(C3CC3)sc21. The molecule has 114 valence electrons. The minimum atomic E-state index is -1.13. The van der Waals surface area contributed by atoms with Crippen molar-refractivity contribution in [3.63, 3.8) is 0 Å². The van der Waals surface area contributed by atoms with E-state index in [0.717, 1.165) is 28.4 Å². The van der Waals surface area contributed by atoms with E-state index in [-0.39, 0.29) is 5.82 Å². The minimum Gasteiger partial charge on any atom is -0.480 e. The third kappa shape index (κ3) is 1.78. The predicted octanol–water partition coefficient (Wildman–Crippen LogP) is 3.78. The monoisotopic (exact) mass is 317 g/mol. The van der Waals surface area contributed by atoms with Gasteiger partial charge < -0.3 is 5.11 Å². The van der Waals surface area contributed by atoms with E-state index in [4.69, 9.17) is 0 Å². The van der Waals surface area contributed by atoms with Crippen molar-refractivity contribution in [2.75, 3.05) is 0 Å². The number of aryl methyl sites for hydroxylation is 1. The largest absolute Gasteiger partial charge is 0.480 e. The number of hydrogen-bond acceptors (Lipinski definition) is 3. The Kier molecular flexibility index (Phi) is 2.92. The van der Waals surface area contributed by atoms with Crippen molar-refractivity contribution < 1.29 is 14.3 Å². The van der Waals surface area contributed by atoms with Crippen molar-refractivity contribution >= 4 is 17.3 Å². The average molecular weight is 317 g/mol. The third-order valence-corrected chi connectivity index (χ3v) is 6.28. The molecule has 2 aromatic rings. The number of carboxylic acids is 1. The van der Waals surface area contributed by atoms with E-state index >= 15 is 0 Å². The summed E-state index contributed by atoms with van der Waals surface area (Å²) in [6.07, 6.45) is 3.41. The number of thiazole rings is 1. The van der Waals surface area contributed by atoms with E-state index in [9.17, 15) is 14.3 Å². The van der Waals surface area contributed by atoms with Gasteiger partial charge in [-0.25, -0.2) is 9.37 Å². The molecule has 1 fully saturated rings. The summed E-state index contributed by atoms with van der Waals surface area (Å²) in [7, 11) is 0. The molecule has 0 amide bonds. The molecular weight excluding hydrogens is 301 g/mol. The van der Waals surface area contributed by atoms with Gasteiger partial charge in [0.05, 0.1) is 10.7 Å². The van der Waals surface area contributed by atoms with E-state index in [1.165, 1.54) is 17.4 Å². The summed E-state index contributed by atoms with van der Waals surface area (Å²) in [5.41, 5.74) is 0.772. The summed E-state index contributed by atoms with van der Waals surface area (Å²) in [6, 6.07) is 4.73. The quantitative estimate of drug-likeness (QED) is 0.937. The highest BCUT2D eigenvalue weighted by molar-refractivity contribution is 7.12. The fourth-order valence-corrected chi connectivity index (χ4v) is 4.95. The first-order chi connectivity index (χ1) is 10.5. The van der Waals surface area contributed by atoms with E-state index in [1.807, 2.05) is 0 Å². The molecule has 0 aliphatic heterocycles. The Bertz CT molecular complexity index is 781. The van der Waals surface area contributed by atoms with Crippen LogP contribution in [0.1, 0.15) is 51.9 Å². The first-order valence-corrected chi connectivity index (χ1v) is 8.34. The smallest absolute Gasteiger partial charge is 0.319 e. The van der Waals surface area contributed by atoms with Gasteiger partial charge in [0.2, 0.25) is 0 Å². The number of aromatic nitrogens is 1. The van der Waals surface area contributed by atoms with Crippen LogP contribution in [-0.2, 0) is 16.6 Å². The number of halogens is 1. The lowest BCUT2D eigenvalue weighted by molar-refractivity contribution is -0.142. The molecular formula is C17H16FNO2S. The lowest BCUT2D eigenvalue weighted by Gasteiger charge is -2.26. The van der Waals surface area contributed by atoms with E-state index in [0.29, 0.717) is 29.9 Å². The Balaban J connectivity index is 1.93. The molecule has 0 saturated heterocycles. The van der Waals surface area contributed by atoms with Crippen LogP contribution in [0.5, 0.6) is 0 Å². The maximum atomic E-state index is 14.0. The Morgan fingerprint density at radius 1 is 1.45 bits per heavy atom. The van der Waals surface area contributed by atoms with Gasteiger partial charge in [-0.2, -0.15) is 0 Å². The van der Waals surface area contributed by atoms with Gasteiger partial charge in [0.25, 0.3) is 0 Å². The zero-order chi connectivity index (χ0) is 15.5. The Hall–Kier alpha value is -1.75. The topological polar surface area (TPSA) is 50.2 Å². The fourth-order valence-electron chi connectivity index (χ4n) is 3.44. The number of nitrogens with zero attached hydrogens (tertiary/aromatic N) is 1. The summed E-state index contributed by atoms with van der Waals surface area (Å²) in [5.74, 6) is -0.736. The summed E-state index contributed by atoms with van der Waals surface area (Å²) >= 11 is 1.52. The van der Waals surface area contributed by atoms with Crippen LogP contribution in [0.2, 0.25) is 0 Å². The highest BCUT2D eigenvalue weighted by Gasteiger charge is 2.51. The van der Waals surface area contributed by atoms with Crippen molar-refractivity contribution in [3.05, 3.63) is 50.7 Å². The van der Waals surface area contributed by atoms with Gasteiger partial charge in [-0.05, 0) is 49.8 Å². The number of aliphatic carboxylic acids is 1. The van der Waals surface area contributed by atoms with Gasteiger partial charge in [0.1, 0.15) is 11.2 Å². The van der Waals surface area contributed by atoms with Crippen molar-refractivity contribution in [1.82, 2.24) is 4.98 Å². The van der Waals surface area contributed by atoms with Crippen molar-refractivity contribution in [1.29, 1.82) is 0 Å². The highest BCUT2D eigenvalue weighted by atomic mass is 32.1. The molecule has 0 unspecified atom stereocenters. The first kappa shape index (κ1) is 13.9. The lowest BCUT2D eigenvalue weighted by Crippen LogP contribution is -2.35. The maximum absolute atomic E-state index is 14.0. The van der Waals surface area contributed by atoms with Gasteiger partial charge in [-0.15, -0.1) is 11.3 Å². The van der Waals surface area contributed by atoms with Crippen LogP contribution in [0, 0.1) is 12.7 Å². The van der Waals surface area contributed by atoms with Crippen LogP contribution < -0.4 is 0 Å². The molecule has 0 radical (unpaired) electrons. The second-order valence-corrected chi connectivity index (χ2v) is 7.26. The predicted molar refractivity (Wildman–Crippen MR) is 82.0 cm³/mol. The van der Waals surface area contributed by atoms with Gasteiger partial charge in [-0.3, -0.25) is 4.79 Å². The molecule has 4 rings (SSSR count). The van der Waals surface area contributed by atoms with E-state index < -0.39 is 11.4 Å². The standard InChI is InChI=1S/C17H16FNO2S/c1-9-11(3-2-4-12(9)18)17(16(20)21)8-7-13-14(17)22-15(19-13)10-5-6-10/h2-4,10H,5-8H2,1H3,(H,20,21)/t17-/m1/s1. The van der Waals surface area contributed by atoms with Crippen LogP contribution in [0.3, 0.4) is 0 Å². The molecule has 0 spiro atoms. The highest BCUT2D eigenvalue weighted by Crippen LogP contribution is 2.52. The fraction of sp³-hybridized carbons (Fsp3) is 0.412. The van der Waals surface area contributed by atoms with Crippen molar-refractivity contribution in [2.24, 2.45) is 0 Å². The zero-order valence-electron chi connectivity index (χ0n) is 12.2. The molecule has 1 atom stereocenters. The van der Waals surface area contributed by atoms with Crippen molar-refractivity contribution in [3.8, 4) is 0 Å². The molecule has 1 aromatic carbocycles. The third-order valence-electron chi connectivity index (χ3n) is 4.86. The molecule has 1 N–H and O–H groups in total. The van der Waals surface area contributed by atoms with Gasteiger partial charge in [-0.1, -0.05) is 12.1 Å². The molecule has 2 aliphatic rings. The normalized spacial score (nSPS) is 23.5. The molecule has 5 heteroatoms. The van der Waals surface area contributed by atoms with Crippen LogP contribution in [0.25, 0.3) is 0 Å².